The van der Waals surface area contributed by atoms with Crippen LogP contribution in [0.4, 0.5) is 0 Å². The smallest absolute Gasteiger partial charge is 0.231 e. The second kappa shape index (κ2) is 4.66. The Labute approximate surface area is 105 Å². The molecule has 4 nitrogen and oxygen atoms in total. The molecular weight excluding hydrogens is 228 g/mol. The summed E-state index contributed by atoms with van der Waals surface area (Å²) in [5.74, 6) is 1.56. The van der Waals surface area contributed by atoms with Gasteiger partial charge in [0.25, 0.3) is 0 Å². The zero-order valence-electron chi connectivity index (χ0n) is 9.87. The van der Waals surface area contributed by atoms with Crippen molar-refractivity contribution in [3.8, 4) is 11.5 Å². The van der Waals surface area contributed by atoms with Crippen LogP contribution < -0.4 is 15.2 Å². The first kappa shape index (κ1) is 11.0. The number of hydrogen-bond donors (Lipinski definition) is 1. The van der Waals surface area contributed by atoms with Crippen LogP contribution in [0.25, 0.3) is 0 Å². The zero-order chi connectivity index (χ0) is 12.4. The average molecular weight is 242 g/mol. The molecule has 4 heteroatoms. The number of aromatic nitrogens is 1. The molecule has 2 aromatic rings. The lowest BCUT2D eigenvalue weighted by Gasteiger charge is -2.12. The number of hydrogen-bond acceptors (Lipinski definition) is 4. The number of pyridine rings is 1. The molecule has 1 aliphatic heterocycles. The van der Waals surface area contributed by atoms with Gasteiger partial charge in [-0.25, -0.2) is 0 Å². The van der Waals surface area contributed by atoms with E-state index in [0.29, 0.717) is 6.79 Å². The van der Waals surface area contributed by atoms with Gasteiger partial charge < -0.3 is 15.2 Å². The third-order valence-electron chi connectivity index (χ3n) is 3.03. The Morgan fingerprint density at radius 3 is 2.72 bits per heavy atom. The molecule has 0 bridgehead atoms. The van der Waals surface area contributed by atoms with Gasteiger partial charge in [-0.15, -0.1) is 0 Å². The van der Waals surface area contributed by atoms with Gasteiger partial charge in [-0.05, 0) is 41.8 Å². The van der Waals surface area contributed by atoms with E-state index in [-0.39, 0.29) is 6.04 Å². The molecule has 1 atom stereocenters. The summed E-state index contributed by atoms with van der Waals surface area (Å²) in [7, 11) is 0. The minimum Gasteiger partial charge on any atom is -0.454 e. The van der Waals surface area contributed by atoms with Gasteiger partial charge in [0, 0.05) is 18.4 Å². The molecule has 0 amide bonds. The number of nitrogens with two attached hydrogens (primary N) is 1. The Kier molecular flexibility index (Phi) is 2.86. The highest BCUT2D eigenvalue weighted by molar-refractivity contribution is 5.45. The van der Waals surface area contributed by atoms with Gasteiger partial charge in [-0.3, -0.25) is 4.98 Å². The van der Waals surface area contributed by atoms with Crippen molar-refractivity contribution >= 4 is 0 Å². The lowest BCUT2D eigenvalue weighted by atomic mass is 10.00. The van der Waals surface area contributed by atoms with Crippen LogP contribution in [0, 0.1) is 0 Å². The minimum absolute atomic E-state index is 0.0538. The van der Waals surface area contributed by atoms with E-state index in [4.69, 9.17) is 15.2 Å². The molecule has 2 heterocycles. The summed E-state index contributed by atoms with van der Waals surface area (Å²) in [5, 5.41) is 0. The summed E-state index contributed by atoms with van der Waals surface area (Å²) in [6.45, 7) is 0.290. The Morgan fingerprint density at radius 2 is 1.89 bits per heavy atom. The van der Waals surface area contributed by atoms with Crippen LogP contribution in [0.5, 0.6) is 11.5 Å². The Balaban J connectivity index is 1.78. The van der Waals surface area contributed by atoms with E-state index >= 15 is 0 Å². The van der Waals surface area contributed by atoms with E-state index in [0.717, 1.165) is 23.5 Å². The predicted octanol–water partition coefficient (Wildman–Crippen LogP) is 2.05. The second-order valence-corrected chi connectivity index (χ2v) is 4.28. The van der Waals surface area contributed by atoms with Gasteiger partial charge in [-0.1, -0.05) is 6.07 Å². The molecule has 0 fully saturated rings. The highest BCUT2D eigenvalue weighted by atomic mass is 16.7. The van der Waals surface area contributed by atoms with E-state index in [9.17, 15) is 0 Å². The molecule has 0 saturated carbocycles. The van der Waals surface area contributed by atoms with E-state index in [2.05, 4.69) is 4.98 Å². The fourth-order valence-corrected chi connectivity index (χ4v) is 2.03. The van der Waals surface area contributed by atoms with Gasteiger partial charge >= 0.3 is 0 Å². The van der Waals surface area contributed by atoms with Crippen LogP contribution in [0.2, 0.25) is 0 Å². The SMILES string of the molecule is NC(Cc1ccncc1)c1ccc2c(c1)OCO2. The topological polar surface area (TPSA) is 57.4 Å². The summed E-state index contributed by atoms with van der Waals surface area (Å²) in [6, 6.07) is 9.75. The fourth-order valence-electron chi connectivity index (χ4n) is 2.03. The first-order valence-electron chi connectivity index (χ1n) is 5.87. The summed E-state index contributed by atoms with van der Waals surface area (Å²) in [5.41, 5.74) is 8.43. The lowest BCUT2D eigenvalue weighted by Crippen LogP contribution is -2.13. The third kappa shape index (κ3) is 2.15. The van der Waals surface area contributed by atoms with Crippen LogP contribution in [-0.4, -0.2) is 11.8 Å². The number of benzene rings is 1. The number of nitrogens with zero attached hydrogens (tertiary/aromatic N) is 1. The van der Waals surface area contributed by atoms with Gasteiger partial charge in [0.05, 0.1) is 0 Å². The maximum absolute atomic E-state index is 6.20. The molecule has 18 heavy (non-hydrogen) atoms. The van der Waals surface area contributed by atoms with Crippen molar-refractivity contribution < 1.29 is 9.47 Å². The molecule has 1 aromatic carbocycles. The molecule has 92 valence electrons. The predicted molar refractivity (Wildman–Crippen MR) is 67.4 cm³/mol. The number of rotatable bonds is 3. The molecule has 1 unspecified atom stereocenters. The first-order chi connectivity index (χ1) is 8.83. The monoisotopic (exact) mass is 242 g/mol. The minimum atomic E-state index is -0.0538. The van der Waals surface area contributed by atoms with E-state index in [1.807, 2.05) is 30.3 Å². The molecule has 0 spiro atoms. The third-order valence-corrected chi connectivity index (χ3v) is 3.03. The maximum Gasteiger partial charge on any atom is 0.231 e. The summed E-state index contributed by atoms with van der Waals surface area (Å²) < 4.78 is 10.6. The van der Waals surface area contributed by atoms with E-state index < -0.39 is 0 Å². The maximum atomic E-state index is 6.20. The van der Waals surface area contributed by atoms with Gasteiger partial charge in [0.2, 0.25) is 6.79 Å². The normalized spacial score (nSPS) is 14.5. The van der Waals surface area contributed by atoms with Crippen LogP contribution in [0.1, 0.15) is 17.2 Å². The van der Waals surface area contributed by atoms with Crippen molar-refractivity contribution in [1.82, 2.24) is 4.98 Å². The second-order valence-electron chi connectivity index (χ2n) is 4.28. The van der Waals surface area contributed by atoms with Crippen molar-refractivity contribution in [3.05, 3.63) is 53.9 Å². The zero-order valence-corrected chi connectivity index (χ0v) is 9.87. The van der Waals surface area contributed by atoms with Crippen LogP contribution in [0.3, 0.4) is 0 Å². The van der Waals surface area contributed by atoms with Gasteiger partial charge in [-0.2, -0.15) is 0 Å². The summed E-state index contributed by atoms with van der Waals surface area (Å²) in [4.78, 5) is 4.00. The Morgan fingerprint density at radius 1 is 1.11 bits per heavy atom. The standard InChI is InChI=1S/C14H14N2O2/c15-12(7-10-3-5-16-6-4-10)11-1-2-13-14(8-11)18-9-17-13/h1-6,8,12H,7,9,15H2. The van der Waals surface area contributed by atoms with Crippen LogP contribution in [-0.2, 0) is 6.42 Å². The highest BCUT2D eigenvalue weighted by Crippen LogP contribution is 2.34. The molecule has 1 aliphatic rings. The molecule has 2 N–H and O–H groups in total. The molecular formula is C14H14N2O2. The average Bonchev–Trinajstić information content (AvgIpc) is 2.87. The number of ether oxygens (including phenoxy) is 2. The fraction of sp³-hybridized carbons (Fsp3) is 0.214. The summed E-state index contributed by atoms with van der Waals surface area (Å²) in [6.07, 6.45) is 4.34. The lowest BCUT2D eigenvalue weighted by molar-refractivity contribution is 0.174. The highest BCUT2D eigenvalue weighted by Gasteiger charge is 2.16. The van der Waals surface area contributed by atoms with Crippen molar-refractivity contribution in [2.24, 2.45) is 5.73 Å². The first-order valence-corrected chi connectivity index (χ1v) is 5.87. The molecule has 3 rings (SSSR count). The van der Waals surface area contributed by atoms with E-state index in [1.54, 1.807) is 12.4 Å². The molecule has 0 saturated heterocycles. The number of fused-ring (bicyclic) bond motifs is 1. The Hall–Kier alpha value is -2.07. The van der Waals surface area contributed by atoms with Crippen molar-refractivity contribution in [2.75, 3.05) is 6.79 Å². The largest absolute Gasteiger partial charge is 0.454 e. The van der Waals surface area contributed by atoms with Crippen molar-refractivity contribution in [3.63, 3.8) is 0 Å². The quantitative estimate of drug-likeness (QED) is 0.895. The van der Waals surface area contributed by atoms with Crippen molar-refractivity contribution in [1.29, 1.82) is 0 Å². The van der Waals surface area contributed by atoms with Crippen LogP contribution >= 0.6 is 0 Å². The molecule has 0 radical (unpaired) electrons. The molecule has 0 aliphatic carbocycles. The van der Waals surface area contributed by atoms with Crippen molar-refractivity contribution in [2.45, 2.75) is 12.5 Å². The van der Waals surface area contributed by atoms with Gasteiger partial charge in [0.1, 0.15) is 0 Å². The van der Waals surface area contributed by atoms with E-state index in [1.165, 1.54) is 5.56 Å². The van der Waals surface area contributed by atoms with Crippen LogP contribution in [0.15, 0.2) is 42.7 Å². The van der Waals surface area contributed by atoms with Gasteiger partial charge in [0.15, 0.2) is 11.5 Å². The summed E-state index contributed by atoms with van der Waals surface area (Å²) >= 11 is 0. The Bertz CT molecular complexity index is 543. The molecule has 1 aromatic heterocycles.